The zero-order valence-corrected chi connectivity index (χ0v) is 9.31. The van der Waals surface area contributed by atoms with Crippen molar-refractivity contribution in [3.8, 4) is 0 Å². The number of benzene rings is 1. The van der Waals surface area contributed by atoms with Gasteiger partial charge in [-0.05, 0) is 22.4 Å². The van der Waals surface area contributed by atoms with Gasteiger partial charge in [0, 0.05) is 30.4 Å². The number of hydrogen-bond acceptors (Lipinski definition) is 3. The van der Waals surface area contributed by atoms with Crippen LogP contribution in [-0.2, 0) is 0 Å². The van der Waals surface area contributed by atoms with Gasteiger partial charge in [0.05, 0.1) is 0 Å². The van der Waals surface area contributed by atoms with Gasteiger partial charge >= 0.3 is 0 Å². The van der Waals surface area contributed by atoms with Gasteiger partial charge in [0.1, 0.15) is 0 Å². The van der Waals surface area contributed by atoms with Crippen LogP contribution in [0, 0.1) is 0 Å². The molecule has 0 radical (unpaired) electrons. The molecule has 0 aliphatic carbocycles. The van der Waals surface area contributed by atoms with E-state index in [9.17, 15) is 0 Å². The lowest BCUT2D eigenvalue weighted by atomic mass is 10.0. The van der Waals surface area contributed by atoms with Crippen molar-refractivity contribution in [2.24, 2.45) is 0 Å². The standard InChI is InChI=1S/C12H14N2S/c1-2-4-12-9(3-1)10(8-15-12)11-7-13-5-6-14-11/h1-4,8,11,13-14H,5-7H2/t11-/m1/s1. The summed E-state index contributed by atoms with van der Waals surface area (Å²) in [5.74, 6) is 0. The molecule has 2 aromatic rings. The molecular formula is C12H14N2S. The van der Waals surface area contributed by atoms with E-state index in [0.717, 1.165) is 19.6 Å². The second kappa shape index (κ2) is 3.93. The molecule has 2 nitrogen and oxygen atoms in total. The molecule has 1 aromatic carbocycles. The van der Waals surface area contributed by atoms with Gasteiger partial charge in [0.15, 0.2) is 0 Å². The number of nitrogens with one attached hydrogen (secondary N) is 2. The molecule has 1 fully saturated rings. The van der Waals surface area contributed by atoms with Crippen molar-refractivity contribution >= 4 is 21.4 Å². The van der Waals surface area contributed by atoms with Gasteiger partial charge in [-0.2, -0.15) is 0 Å². The third kappa shape index (κ3) is 1.67. The quantitative estimate of drug-likeness (QED) is 0.766. The summed E-state index contributed by atoms with van der Waals surface area (Å²) in [6, 6.07) is 9.12. The van der Waals surface area contributed by atoms with Crippen LogP contribution in [0.2, 0.25) is 0 Å². The van der Waals surface area contributed by atoms with E-state index < -0.39 is 0 Å². The summed E-state index contributed by atoms with van der Waals surface area (Å²) in [7, 11) is 0. The Kier molecular flexibility index (Phi) is 2.44. The molecule has 2 N–H and O–H groups in total. The summed E-state index contributed by atoms with van der Waals surface area (Å²) in [6.45, 7) is 3.19. The third-order valence-electron chi connectivity index (χ3n) is 2.93. The van der Waals surface area contributed by atoms with E-state index in [4.69, 9.17) is 0 Å². The molecule has 2 heterocycles. The van der Waals surface area contributed by atoms with E-state index in [1.54, 1.807) is 0 Å². The van der Waals surface area contributed by atoms with Gasteiger partial charge in [0.2, 0.25) is 0 Å². The lowest BCUT2D eigenvalue weighted by Gasteiger charge is -2.24. The molecule has 3 rings (SSSR count). The molecule has 1 aliphatic rings. The molecule has 78 valence electrons. The fraction of sp³-hybridized carbons (Fsp3) is 0.333. The SMILES string of the molecule is c1ccc2c([C@H]3CNCCN3)csc2c1. The van der Waals surface area contributed by atoms with E-state index in [-0.39, 0.29) is 0 Å². The molecule has 0 saturated carbocycles. The Balaban J connectivity index is 2.02. The molecular weight excluding hydrogens is 204 g/mol. The van der Waals surface area contributed by atoms with E-state index >= 15 is 0 Å². The maximum Gasteiger partial charge on any atom is 0.0461 e. The largest absolute Gasteiger partial charge is 0.314 e. The van der Waals surface area contributed by atoms with Gasteiger partial charge in [0.25, 0.3) is 0 Å². The summed E-state index contributed by atoms with van der Waals surface area (Å²) in [5.41, 5.74) is 1.45. The Labute approximate surface area is 93.3 Å². The average molecular weight is 218 g/mol. The van der Waals surface area contributed by atoms with Crippen molar-refractivity contribution in [1.29, 1.82) is 0 Å². The minimum atomic E-state index is 0.481. The first-order valence-corrected chi connectivity index (χ1v) is 6.23. The molecule has 0 unspecified atom stereocenters. The smallest absolute Gasteiger partial charge is 0.0461 e. The van der Waals surface area contributed by atoms with Crippen molar-refractivity contribution < 1.29 is 0 Å². The second-order valence-electron chi connectivity index (χ2n) is 3.90. The van der Waals surface area contributed by atoms with Crippen LogP contribution in [-0.4, -0.2) is 19.6 Å². The zero-order valence-electron chi connectivity index (χ0n) is 8.49. The molecule has 1 aliphatic heterocycles. The summed E-state index contributed by atoms with van der Waals surface area (Å²) in [5, 5.41) is 10.7. The maximum atomic E-state index is 3.56. The van der Waals surface area contributed by atoms with E-state index in [2.05, 4.69) is 40.3 Å². The van der Waals surface area contributed by atoms with Gasteiger partial charge < -0.3 is 10.6 Å². The molecule has 0 spiro atoms. The normalized spacial score (nSPS) is 22.0. The van der Waals surface area contributed by atoms with Crippen LogP contribution in [0.1, 0.15) is 11.6 Å². The van der Waals surface area contributed by atoms with Crippen molar-refractivity contribution in [3.63, 3.8) is 0 Å². The van der Waals surface area contributed by atoms with Crippen LogP contribution in [0.5, 0.6) is 0 Å². The molecule has 0 amide bonds. The topological polar surface area (TPSA) is 24.1 Å². The maximum absolute atomic E-state index is 3.56. The Morgan fingerprint density at radius 2 is 2.13 bits per heavy atom. The number of thiophene rings is 1. The summed E-state index contributed by atoms with van der Waals surface area (Å²) >= 11 is 1.84. The van der Waals surface area contributed by atoms with Crippen molar-refractivity contribution in [3.05, 3.63) is 35.2 Å². The Morgan fingerprint density at radius 1 is 1.20 bits per heavy atom. The van der Waals surface area contributed by atoms with Crippen LogP contribution in [0.4, 0.5) is 0 Å². The predicted molar refractivity (Wildman–Crippen MR) is 65.4 cm³/mol. The molecule has 15 heavy (non-hydrogen) atoms. The lowest BCUT2D eigenvalue weighted by Crippen LogP contribution is -2.42. The number of piperazine rings is 1. The Morgan fingerprint density at radius 3 is 3.00 bits per heavy atom. The number of rotatable bonds is 1. The van der Waals surface area contributed by atoms with Gasteiger partial charge in [-0.15, -0.1) is 11.3 Å². The highest BCUT2D eigenvalue weighted by atomic mass is 32.1. The third-order valence-corrected chi connectivity index (χ3v) is 3.91. The highest BCUT2D eigenvalue weighted by Gasteiger charge is 2.17. The first-order chi connectivity index (χ1) is 7.45. The number of hydrogen-bond donors (Lipinski definition) is 2. The van der Waals surface area contributed by atoms with E-state index in [1.807, 2.05) is 11.3 Å². The van der Waals surface area contributed by atoms with Gasteiger partial charge in [-0.25, -0.2) is 0 Å². The van der Waals surface area contributed by atoms with Crippen LogP contribution in [0.25, 0.3) is 10.1 Å². The van der Waals surface area contributed by atoms with Crippen molar-refractivity contribution in [2.45, 2.75) is 6.04 Å². The zero-order chi connectivity index (χ0) is 10.1. The summed E-state index contributed by atoms with van der Waals surface area (Å²) in [4.78, 5) is 0. The number of fused-ring (bicyclic) bond motifs is 1. The predicted octanol–water partition coefficient (Wildman–Crippen LogP) is 2.14. The summed E-state index contributed by atoms with van der Waals surface area (Å²) < 4.78 is 1.39. The first-order valence-electron chi connectivity index (χ1n) is 5.35. The van der Waals surface area contributed by atoms with E-state index in [1.165, 1.54) is 15.6 Å². The monoisotopic (exact) mass is 218 g/mol. The fourth-order valence-corrected chi connectivity index (χ4v) is 3.16. The van der Waals surface area contributed by atoms with Crippen molar-refractivity contribution in [1.82, 2.24) is 10.6 Å². The molecule has 1 atom stereocenters. The minimum Gasteiger partial charge on any atom is -0.314 e. The first kappa shape index (κ1) is 9.33. The van der Waals surface area contributed by atoms with Crippen LogP contribution < -0.4 is 10.6 Å². The van der Waals surface area contributed by atoms with Crippen LogP contribution >= 0.6 is 11.3 Å². The highest BCUT2D eigenvalue weighted by Crippen LogP contribution is 2.30. The molecule has 3 heteroatoms. The van der Waals surface area contributed by atoms with Crippen molar-refractivity contribution in [2.75, 3.05) is 19.6 Å². The van der Waals surface area contributed by atoms with Crippen LogP contribution in [0.15, 0.2) is 29.6 Å². The molecule has 1 aromatic heterocycles. The second-order valence-corrected chi connectivity index (χ2v) is 4.81. The molecule has 0 bridgehead atoms. The van der Waals surface area contributed by atoms with Gasteiger partial charge in [-0.1, -0.05) is 18.2 Å². The lowest BCUT2D eigenvalue weighted by molar-refractivity contribution is 0.433. The molecule has 1 saturated heterocycles. The van der Waals surface area contributed by atoms with Gasteiger partial charge in [-0.3, -0.25) is 0 Å². The fourth-order valence-electron chi connectivity index (χ4n) is 2.14. The van der Waals surface area contributed by atoms with E-state index in [0.29, 0.717) is 6.04 Å². The Hall–Kier alpha value is -0.900. The summed E-state index contributed by atoms with van der Waals surface area (Å²) in [6.07, 6.45) is 0. The average Bonchev–Trinajstić information content (AvgIpc) is 2.74. The highest BCUT2D eigenvalue weighted by molar-refractivity contribution is 7.17. The minimum absolute atomic E-state index is 0.481. The Bertz CT molecular complexity index is 457. The van der Waals surface area contributed by atoms with Crippen LogP contribution in [0.3, 0.4) is 0 Å².